The Morgan fingerprint density at radius 1 is 0.900 bits per heavy atom. The number of nitrogens with one attached hydrogen (secondary N) is 4. The highest BCUT2D eigenvalue weighted by atomic mass is 31.2. The van der Waals surface area contributed by atoms with E-state index in [1.807, 2.05) is 36.6 Å². The van der Waals surface area contributed by atoms with Crippen molar-refractivity contribution in [3.63, 3.8) is 0 Å². The van der Waals surface area contributed by atoms with Gasteiger partial charge >= 0.3 is 0 Å². The maximum Gasteiger partial charge on any atom is 0.245 e. The first-order valence-electron chi connectivity index (χ1n) is 20.5. The number of nitrogens with zero attached hydrogens (tertiary/aromatic N) is 3. The van der Waals surface area contributed by atoms with Crippen molar-refractivity contribution in [2.24, 2.45) is 11.7 Å². The number of aryl methyl sites for hydroxylation is 2. The van der Waals surface area contributed by atoms with Gasteiger partial charge in [0.25, 0.3) is 0 Å². The van der Waals surface area contributed by atoms with Crippen LogP contribution in [0.2, 0.25) is 0 Å². The third-order valence-electron chi connectivity index (χ3n) is 10.3. The number of hydrogen-bond donors (Lipinski definition) is 6. The quantitative estimate of drug-likeness (QED) is 0.0526. The highest BCUT2D eigenvalue weighted by Gasteiger charge is 2.37. The van der Waals surface area contributed by atoms with Gasteiger partial charge in [-0.2, -0.15) is 0 Å². The maximum absolute atomic E-state index is 14.0. The van der Waals surface area contributed by atoms with Gasteiger partial charge < -0.3 is 60.4 Å². The molecule has 1 saturated heterocycles. The van der Waals surface area contributed by atoms with E-state index in [9.17, 15) is 48.2 Å². The van der Waals surface area contributed by atoms with Crippen LogP contribution in [-0.4, -0.2) is 104 Å². The molecule has 0 bridgehead atoms. The highest BCUT2D eigenvalue weighted by molar-refractivity contribution is 7.43. The summed E-state index contributed by atoms with van der Waals surface area (Å²) in [6.45, 7) is 6.03. The van der Waals surface area contributed by atoms with E-state index in [-0.39, 0.29) is 24.7 Å². The van der Waals surface area contributed by atoms with E-state index in [0.717, 1.165) is 51.9 Å². The minimum Gasteiger partial charge on any atom is -0.790 e. The van der Waals surface area contributed by atoms with Crippen LogP contribution >= 0.6 is 7.82 Å². The average Bonchev–Trinajstić information content (AvgIpc) is 3.86. The first kappa shape index (κ1) is 49.7. The van der Waals surface area contributed by atoms with Crippen molar-refractivity contribution in [2.45, 2.75) is 141 Å². The van der Waals surface area contributed by atoms with E-state index in [4.69, 9.17) is 5.73 Å². The van der Waals surface area contributed by atoms with Crippen LogP contribution in [0.4, 0.5) is 0 Å². The highest BCUT2D eigenvalue weighted by Crippen LogP contribution is 2.28. The van der Waals surface area contributed by atoms with Crippen LogP contribution in [0.25, 0.3) is 0 Å². The standard InChI is InChI=1S/C40H63N8O11P/c1-26(2)21-31(44-40(55)34-18-14-20-48(34)28(4)50)37(52)43-32(38(53)45-33(24-49)39(54)46-35(36(41)51)27(3)59-60(56,57)58)22-30-23-42-25-47(30)19-13-8-6-5-7-10-15-29-16-11-9-12-17-29/h9,11-12,16-17,23,25-27,31-35,49H,5-8,10,13-15,18-22,24H2,1-4H3,(H2,41,51)(H,43,52)(H,44,55)(H,45,53)(H,46,54)(H2,56,57,58)/p-2/t27-,31+,32+,33+,34+,35+/m1/s1. The Morgan fingerprint density at radius 2 is 1.52 bits per heavy atom. The van der Waals surface area contributed by atoms with Crippen molar-refractivity contribution in [3.8, 4) is 0 Å². The Morgan fingerprint density at radius 3 is 2.13 bits per heavy atom. The lowest BCUT2D eigenvalue weighted by Crippen LogP contribution is -2.61. The second-order valence-electron chi connectivity index (χ2n) is 15.7. The van der Waals surface area contributed by atoms with E-state index in [1.165, 1.54) is 17.4 Å². The predicted molar refractivity (Wildman–Crippen MR) is 216 cm³/mol. The van der Waals surface area contributed by atoms with Crippen molar-refractivity contribution >= 4 is 43.3 Å². The van der Waals surface area contributed by atoms with Crippen molar-refractivity contribution in [2.75, 3.05) is 13.2 Å². The second kappa shape index (κ2) is 24.5. The molecule has 1 fully saturated rings. The molecule has 20 heteroatoms. The molecule has 0 aliphatic carbocycles. The number of primary amides is 1. The molecule has 2 aromatic rings. The molecule has 1 aromatic carbocycles. The summed E-state index contributed by atoms with van der Waals surface area (Å²) >= 11 is 0. The molecule has 1 aliphatic heterocycles. The molecule has 1 aromatic heterocycles. The molecule has 0 unspecified atom stereocenters. The fraction of sp³-hybridized carbons (Fsp3) is 0.625. The lowest BCUT2D eigenvalue weighted by Gasteiger charge is -2.35. The van der Waals surface area contributed by atoms with Crippen LogP contribution in [-0.2, 0) is 57.2 Å². The topological polar surface area (TPSA) is 290 Å². The molecule has 60 heavy (non-hydrogen) atoms. The second-order valence-corrected chi connectivity index (χ2v) is 16.8. The third-order valence-corrected chi connectivity index (χ3v) is 10.9. The molecule has 6 amide bonds. The minimum atomic E-state index is -5.61. The normalized spacial score (nSPS) is 16.7. The number of amides is 6. The number of aromatic nitrogens is 2. The van der Waals surface area contributed by atoms with Gasteiger partial charge in [0.1, 0.15) is 30.2 Å². The fourth-order valence-electron chi connectivity index (χ4n) is 7.16. The number of hydrogen-bond acceptors (Lipinski definition) is 12. The van der Waals surface area contributed by atoms with E-state index >= 15 is 0 Å². The number of phosphoric ester groups is 1. The maximum atomic E-state index is 14.0. The number of benzene rings is 1. The summed E-state index contributed by atoms with van der Waals surface area (Å²) in [6.07, 6.45) is 9.65. The molecule has 334 valence electrons. The van der Waals surface area contributed by atoms with E-state index in [0.29, 0.717) is 31.6 Å². The van der Waals surface area contributed by atoms with Crippen molar-refractivity contribution < 1.29 is 52.7 Å². The summed E-state index contributed by atoms with van der Waals surface area (Å²) in [5, 5.41) is 20.0. The minimum absolute atomic E-state index is 0.0877. The monoisotopic (exact) mass is 860 g/mol. The molecule has 0 saturated carbocycles. The van der Waals surface area contributed by atoms with Gasteiger partial charge in [-0.3, -0.25) is 28.8 Å². The molecule has 1 aliphatic rings. The number of imidazole rings is 1. The van der Waals surface area contributed by atoms with Crippen molar-refractivity contribution in [1.82, 2.24) is 35.7 Å². The molecule has 3 rings (SSSR count). The largest absolute Gasteiger partial charge is 0.790 e. The van der Waals surface area contributed by atoms with Crippen LogP contribution < -0.4 is 36.8 Å². The third kappa shape index (κ3) is 16.8. The molecular weight excluding hydrogens is 799 g/mol. The number of unbranched alkanes of at least 4 members (excludes halogenated alkanes) is 5. The number of rotatable bonds is 26. The number of carbonyl (C=O) groups excluding carboxylic acids is 6. The van der Waals surface area contributed by atoms with Gasteiger partial charge in [0.15, 0.2) is 0 Å². The van der Waals surface area contributed by atoms with Crippen LogP contribution in [0.3, 0.4) is 0 Å². The van der Waals surface area contributed by atoms with Crippen molar-refractivity contribution in [3.05, 3.63) is 54.1 Å². The van der Waals surface area contributed by atoms with Gasteiger partial charge in [0.05, 0.1) is 26.9 Å². The first-order valence-corrected chi connectivity index (χ1v) is 22.0. The Balaban J connectivity index is 1.76. The zero-order valence-corrected chi connectivity index (χ0v) is 35.8. The van der Waals surface area contributed by atoms with Crippen molar-refractivity contribution in [1.29, 1.82) is 0 Å². The Labute approximate surface area is 351 Å². The van der Waals surface area contributed by atoms with Gasteiger partial charge in [0.2, 0.25) is 35.4 Å². The Bertz CT molecular complexity index is 1770. The molecule has 6 atom stereocenters. The number of likely N-dealkylation sites (tertiary alicyclic amines) is 1. The molecule has 7 N–H and O–H groups in total. The molecule has 2 heterocycles. The summed E-state index contributed by atoms with van der Waals surface area (Å²) in [4.78, 5) is 107. The SMILES string of the molecule is CC(=O)N1CCC[C@H]1C(=O)N[C@@H](CC(C)C)C(=O)N[C@@H](Cc1cncn1CCCCCCCCc1ccccc1)C(=O)N[C@@H](CO)C(=O)N[C@H](C(N)=O)[C@@H](C)OP(=O)([O-])[O-]. The smallest absolute Gasteiger partial charge is 0.245 e. The lowest BCUT2D eigenvalue weighted by atomic mass is 10.0. The van der Waals surface area contributed by atoms with E-state index < -0.39 is 80.3 Å². The van der Waals surface area contributed by atoms with Crippen LogP contribution in [0.15, 0.2) is 42.9 Å². The number of nitrogens with two attached hydrogens (primary N) is 1. The number of carbonyl (C=O) groups is 6. The molecule has 19 nitrogen and oxygen atoms in total. The van der Waals surface area contributed by atoms with Gasteiger partial charge in [-0.05, 0) is 56.9 Å². The number of aliphatic hydroxyl groups is 1. The van der Waals surface area contributed by atoms with Crippen LogP contribution in [0.5, 0.6) is 0 Å². The summed E-state index contributed by atoms with van der Waals surface area (Å²) in [5.74, 6) is -4.96. The Hall–Kier alpha value is -4.68. The van der Waals surface area contributed by atoms with Crippen LogP contribution in [0.1, 0.15) is 96.7 Å². The van der Waals surface area contributed by atoms with Gasteiger partial charge in [-0.1, -0.05) is 69.9 Å². The first-order chi connectivity index (χ1) is 28.4. The Kier molecular flexibility index (Phi) is 20.3. The summed E-state index contributed by atoms with van der Waals surface area (Å²) in [6, 6.07) is 3.47. The van der Waals surface area contributed by atoms with E-state index in [1.54, 1.807) is 12.5 Å². The molecular formula is C40H61N8O11P-2. The van der Waals surface area contributed by atoms with E-state index in [2.05, 4.69) is 42.9 Å². The molecule has 0 spiro atoms. The predicted octanol–water partition coefficient (Wildman–Crippen LogP) is -0.283. The number of aliphatic hydroxyl groups excluding tert-OH is 1. The van der Waals surface area contributed by atoms with Crippen LogP contribution in [0, 0.1) is 5.92 Å². The zero-order chi connectivity index (χ0) is 44.4. The van der Waals surface area contributed by atoms with Gasteiger partial charge in [0, 0.05) is 38.3 Å². The summed E-state index contributed by atoms with van der Waals surface area (Å²) < 4.78 is 17.3. The van der Waals surface area contributed by atoms with Gasteiger partial charge in [-0.25, -0.2) is 4.98 Å². The average molecular weight is 861 g/mol. The zero-order valence-electron chi connectivity index (χ0n) is 34.9. The number of phosphoric acid groups is 1. The summed E-state index contributed by atoms with van der Waals surface area (Å²) in [5.41, 5.74) is 7.19. The van der Waals surface area contributed by atoms with Gasteiger partial charge in [-0.15, -0.1) is 0 Å². The summed E-state index contributed by atoms with van der Waals surface area (Å²) in [7, 11) is -5.61. The molecule has 0 radical (unpaired) electrons. The lowest BCUT2D eigenvalue weighted by molar-refractivity contribution is -0.344. The fourth-order valence-corrected chi connectivity index (χ4v) is 7.69.